The third kappa shape index (κ3) is 3.27. The van der Waals surface area contributed by atoms with Gasteiger partial charge in [-0.1, -0.05) is 25.3 Å². The van der Waals surface area contributed by atoms with Crippen LogP contribution in [0.1, 0.15) is 19.8 Å². The fourth-order valence-electron chi connectivity index (χ4n) is 0.591. The lowest BCUT2D eigenvalue weighted by molar-refractivity contribution is 0.897. The molecule has 1 heterocycles. The zero-order valence-electron chi connectivity index (χ0n) is 6.50. The molecule has 0 aromatic carbocycles. The number of unbranched alkanes of at least 4 members (excludes halogenated alkanes) is 1. The van der Waals surface area contributed by atoms with Crippen LogP contribution >= 0.6 is 11.9 Å². The molecule has 4 nitrogen and oxygen atoms in total. The van der Waals surface area contributed by atoms with Crippen molar-refractivity contribution in [2.45, 2.75) is 19.8 Å². The van der Waals surface area contributed by atoms with Crippen molar-refractivity contribution in [3.8, 4) is 0 Å². The molecule has 0 saturated heterocycles. The summed E-state index contributed by atoms with van der Waals surface area (Å²) in [6.07, 6.45) is 3.94. The van der Waals surface area contributed by atoms with Gasteiger partial charge in [-0.15, -0.1) is 0 Å². The summed E-state index contributed by atoms with van der Waals surface area (Å²) in [5.74, 6) is 1.84. The molecule has 1 aromatic heterocycles. The van der Waals surface area contributed by atoms with Crippen LogP contribution in [0, 0.1) is 0 Å². The summed E-state index contributed by atoms with van der Waals surface area (Å²) in [6.45, 7) is 2.18. The molecule has 0 saturated carbocycles. The third-order valence-corrected chi connectivity index (χ3v) is 2.01. The molecule has 11 heavy (non-hydrogen) atoms. The molecule has 1 rings (SSSR count). The van der Waals surface area contributed by atoms with Gasteiger partial charge in [0.1, 0.15) is 6.33 Å². The minimum absolute atomic E-state index is 0.728. The van der Waals surface area contributed by atoms with Gasteiger partial charge in [0.05, 0.1) is 0 Å². The molecule has 0 fully saturated rings. The first-order valence-electron chi connectivity index (χ1n) is 3.66. The summed E-state index contributed by atoms with van der Waals surface area (Å²) in [4.78, 5) is 3.92. The Balaban J connectivity index is 2.04. The number of nitrogens with one attached hydrogen (secondary N) is 2. The highest BCUT2D eigenvalue weighted by Crippen LogP contribution is 2.06. The van der Waals surface area contributed by atoms with Gasteiger partial charge in [0.2, 0.25) is 5.95 Å². The van der Waals surface area contributed by atoms with E-state index >= 15 is 0 Å². The zero-order chi connectivity index (χ0) is 7.94. The highest BCUT2D eigenvalue weighted by Gasteiger charge is 1.91. The summed E-state index contributed by atoms with van der Waals surface area (Å²) in [6, 6.07) is 0. The first-order chi connectivity index (χ1) is 5.43. The molecule has 0 spiro atoms. The van der Waals surface area contributed by atoms with Gasteiger partial charge < -0.3 is 0 Å². The van der Waals surface area contributed by atoms with Crippen molar-refractivity contribution in [1.82, 2.24) is 15.2 Å². The molecule has 2 N–H and O–H groups in total. The van der Waals surface area contributed by atoms with Crippen LogP contribution in [-0.2, 0) is 0 Å². The largest absolute Gasteiger partial charge is 0.299 e. The van der Waals surface area contributed by atoms with E-state index in [-0.39, 0.29) is 0 Å². The molecule has 0 atom stereocenters. The van der Waals surface area contributed by atoms with Crippen LogP contribution in [0.3, 0.4) is 0 Å². The molecule has 0 amide bonds. The van der Waals surface area contributed by atoms with Gasteiger partial charge in [-0.3, -0.25) is 4.72 Å². The van der Waals surface area contributed by atoms with Gasteiger partial charge in [-0.2, -0.15) is 10.1 Å². The van der Waals surface area contributed by atoms with E-state index in [4.69, 9.17) is 0 Å². The minimum atomic E-state index is 0.728. The zero-order valence-corrected chi connectivity index (χ0v) is 7.32. The van der Waals surface area contributed by atoms with Crippen molar-refractivity contribution in [2.24, 2.45) is 0 Å². The standard InChI is InChI=1S/C6H12N4S/c1-2-3-4-11-10-6-7-5-8-9-6/h5H,2-4H2,1H3,(H2,7,8,9,10). The summed E-state index contributed by atoms with van der Waals surface area (Å²) in [7, 11) is 0. The van der Waals surface area contributed by atoms with Gasteiger partial charge in [-0.25, -0.2) is 5.10 Å². The Morgan fingerprint density at radius 3 is 3.27 bits per heavy atom. The molecule has 0 aliphatic rings. The van der Waals surface area contributed by atoms with Crippen molar-refractivity contribution in [1.29, 1.82) is 0 Å². The number of aromatic nitrogens is 3. The average Bonchev–Trinajstić information content (AvgIpc) is 2.50. The fourth-order valence-corrected chi connectivity index (χ4v) is 1.36. The van der Waals surface area contributed by atoms with Crippen molar-refractivity contribution in [3.05, 3.63) is 6.33 Å². The van der Waals surface area contributed by atoms with E-state index in [1.165, 1.54) is 19.2 Å². The second kappa shape index (κ2) is 5.01. The molecule has 0 aliphatic heterocycles. The molecule has 5 heteroatoms. The van der Waals surface area contributed by atoms with Crippen molar-refractivity contribution in [3.63, 3.8) is 0 Å². The second-order valence-corrected chi connectivity index (χ2v) is 3.04. The Morgan fingerprint density at radius 2 is 2.64 bits per heavy atom. The minimum Gasteiger partial charge on any atom is -0.299 e. The van der Waals surface area contributed by atoms with Crippen LogP contribution in [-0.4, -0.2) is 20.9 Å². The van der Waals surface area contributed by atoms with Crippen LogP contribution in [0.25, 0.3) is 0 Å². The number of hydrogen-bond donors (Lipinski definition) is 2. The Kier molecular flexibility index (Phi) is 3.82. The number of hydrogen-bond acceptors (Lipinski definition) is 4. The molecular weight excluding hydrogens is 160 g/mol. The van der Waals surface area contributed by atoms with Crippen molar-refractivity contribution in [2.75, 3.05) is 10.5 Å². The highest BCUT2D eigenvalue weighted by atomic mass is 32.2. The van der Waals surface area contributed by atoms with Crippen molar-refractivity contribution >= 4 is 17.9 Å². The van der Waals surface area contributed by atoms with Crippen LogP contribution in [0.5, 0.6) is 0 Å². The Bertz CT molecular complexity index is 175. The lowest BCUT2D eigenvalue weighted by Gasteiger charge is -1.98. The lowest BCUT2D eigenvalue weighted by atomic mass is 10.4. The van der Waals surface area contributed by atoms with Crippen LogP contribution in [0.2, 0.25) is 0 Å². The van der Waals surface area contributed by atoms with E-state index in [9.17, 15) is 0 Å². The topological polar surface area (TPSA) is 53.6 Å². The van der Waals surface area contributed by atoms with Crippen LogP contribution in [0.4, 0.5) is 5.95 Å². The van der Waals surface area contributed by atoms with Gasteiger partial charge in [0, 0.05) is 5.75 Å². The van der Waals surface area contributed by atoms with Gasteiger partial charge >= 0.3 is 0 Å². The monoisotopic (exact) mass is 172 g/mol. The van der Waals surface area contributed by atoms with E-state index in [1.54, 1.807) is 11.9 Å². The maximum Gasteiger partial charge on any atom is 0.228 e. The number of anilines is 1. The summed E-state index contributed by atoms with van der Waals surface area (Å²) >= 11 is 1.65. The Labute approximate surface area is 70.3 Å². The second-order valence-electron chi connectivity index (χ2n) is 2.14. The normalized spacial score (nSPS) is 9.91. The first kappa shape index (κ1) is 8.39. The van der Waals surface area contributed by atoms with E-state index < -0.39 is 0 Å². The van der Waals surface area contributed by atoms with E-state index in [2.05, 4.69) is 26.8 Å². The Hall–Kier alpha value is -0.710. The average molecular weight is 172 g/mol. The van der Waals surface area contributed by atoms with E-state index in [1.807, 2.05) is 0 Å². The number of H-pyrrole nitrogens is 1. The van der Waals surface area contributed by atoms with E-state index in [0.29, 0.717) is 0 Å². The molecule has 0 bridgehead atoms. The summed E-state index contributed by atoms with van der Waals surface area (Å²) in [5.41, 5.74) is 0. The van der Waals surface area contributed by atoms with Crippen molar-refractivity contribution < 1.29 is 0 Å². The Morgan fingerprint density at radius 1 is 1.73 bits per heavy atom. The molecule has 0 unspecified atom stereocenters. The highest BCUT2D eigenvalue weighted by molar-refractivity contribution is 8.00. The maximum absolute atomic E-state index is 3.92. The summed E-state index contributed by atoms with van der Waals surface area (Å²) in [5, 5.41) is 6.43. The quantitative estimate of drug-likeness (QED) is 0.524. The molecule has 62 valence electrons. The molecule has 1 aromatic rings. The fraction of sp³-hybridized carbons (Fsp3) is 0.667. The molecule has 0 aliphatic carbocycles. The number of aromatic amines is 1. The van der Waals surface area contributed by atoms with Gasteiger partial charge in [0.25, 0.3) is 0 Å². The van der Waals surface area contributed by atoms with Crippen LogP contribution < -0.4 is 4.72 Å². The molecule has 0 radical (unpaired) electrons. The van der Waals surface area contributed by atoms with Gasteiger partial charge in [0.15, 0.2) is 0 Å². The number of rotatable bonds is 5. The summed E-state index contributed by atoms with van der Waals surface area (Å²) < 4.78 is 3.05. The maximum atomic E-state index is 3.92. The van der Waals surface area contributed by atoms with Gasteiger partial charge in [-0.05, 0) is 6.42 Å². The predicted molar refractivity (Wildman–Crippen MR) is 47.4 cm³/mol. The predicted octanol–water partition coefficient (Wildman–Crippen LogP) is 1.66. The molecular formula is C6H12N4S. The number of nitrogens with zero attached hydrogens (tertiary/aromatic N) is 2. The first-order valence-corrected chi connectivity index (χ1v) is 4.65. The van der Waals surface area contributed by atoms with E-state index in [0.717, 1.165) is 11.7 Å². The SMILES string of the molecule is CCCCSNc1ncn[nH]1. The third-order valence-electron chi connectivity index (χ3n) is 1.18. The lowest BCUT2D eigenvalue weighted by Crippen LogP contribution is -1.90. The smallest absolute Gasteiger partial charge is 0.228 e. The van der Waals surface area contributed by atoms with Crippen LogP contribution in [0.15, 0.2) is 6.33 Å².